The lowest BCUT2D eigenvalue weighted by Gasteiger charge is -2.08. The Labute approximate surface area is 151 Å². The molecule has 2 aromatic rings. The highest BCUT2D eigenvalue weighted by Gasteiger charge is 2.29. The van der Waals surface area contributed by atoms with Crippen LogP contribution in [0, 0.1) is 11.3 Å². The van der Waals surface area contributed by atoms with Crippen molar-refractivity contribution < 1.29 is 27.9 Å². The number of anilines is 2. The molecule has 0 fully saturated rings. The number of nitrogens with zero attached hydrogens (tertiary/aromatic N) is 1. The van der Waals surface area contributed by atoms with Crippen molar-refractivity contribution in [3.05, 3.63) is 71.4 Å². The van der Waals surface area contributed by atoms with Crippen molar-refractivity contribution in [1.82, 2.24) is 0 Å². The number of amides is 1. The van der Waals surface area contributed by atoms with Crippen molar-refractivity contribution in [2.75, 3.05) is 10.6 Å². The fourth-order valence-electron chi connectivity index (χ4n) is 1.99. The van der Waals surface area contributed by atoms with E-state index in [1.807, 2.05) is 0 Å². The second-order valence-corrected chi connectivity index (χ2v) is 5.23. The first kappa shape index (κ1) is 19.5. The van der Waals surface area contributed by atoms with E-state index in [-0.39, 0.29) is 22.5 Å². The zero-order valence-electron chi connectivity index (χ0n) is 13.5. The molecular weight excluding hydrogens is 363 g/mol. The minimum absolute atomic E-state index is 0.0434. The number of alkyl halides is 3. The molecule has 0 saturated carbocycles. The molecule has 0 aromatic heterocycles. The Morgan fingerprint density at radius 1 is 1.07 bits per heavy atom. The molecule has 0 atom stereocenters. The van der Waals surface area contributed by atoms with Gasteiger partial charge in [0.05, 0.1) is 11.1 Å². The Hall–Kier alpha value is -3.80. The van der Waals surface area contributed by atoms with E-state index in [0.29, 0.717) is 0 Å². The molecule has 3 N–H and O–H groups in total. The van der Waals surface area contributed by atoms with Crippen LogP contribution in [0.1, 0.15) is 15.9 Å². The maximum Gasteiger partial charge on any atom is 0.416 e. The van der Waals surface area contributed by atoms with Crippen molar-refractivity contribution in [2.45, 2.75) is 6.18 Å². The Balaban J connectivity index is 2.09. The van der Waals surface area contributed by atoms with Gasteiger partial charge in [0.25, 0.3) is 5.91 Å². The van der Waals surface area contributed by atoms with E-state index in [1.54, 1.807) is 6.07 Å². The van der Waals surface area contributed by atoms with Gasteiger partial charge in [-0.1, -0.05) is 6.07 Å². The molecule has 0 bridgehead atoms. The molecule has 0 unspecified atom stereocenters. The van der Waals surface area contributed by atoms with Gasteiger partial charge in [-0.25, -0.2) is 4.79 Å². The number of hydrogen-bond donors (Lipinski definition) is 3. The molecule has 9 heteroatoms. The standard InChI is InChI=1S/C18H12F3N3O3/c19-18(20,21)13-4-6-14(7-5-13)23-10-12(9-22)16(25)24-15-3-1-2-11(8-15)17(26)27/h1-8,10,23H,(H,24,25)(H,26,27)/b12-10-. The molecule has 0 spiro atoms. The average molecular weight is 375 g/mol. The van der Waals surface area contributed by atoms with Gasteiger partial charge in [-0.05, 0) is 42.5 Å². The van der Waals surface area contributed by atoms with Crippen LogP contribution in [0.4, 0.5) is 24.5 Å². The van der Waals surface area contributed by atoms with Crippen molar-refractivity contribution in [3.8, 4) is 6.07 Å². The topological polar surface area (TPSA) is 102 Å². The van der Waals surface area contributed by atoms with E-state index in [4.69, 9.17) is 10.4 Å². The van der Waals surface area contributed by atoms with E-state index in [9.17, 15) is 22.8 Å². The quantitative estimate of drug-likeness (QED) is 0.544. The van der Waals surface area contributed by atoms with Crippen LogP contribution in [-0.2, 0) is 11.0 Å². The van der Waals surface area contributed by atoms with Crippen LogP contribution in [0.5, 0.6) is 0 Å². The zero-order chi connectivity index (χ0) is 20.0. The molecule has 27 heavy (non-hydrogen) atoms. The van der Waals surface area contributed by atoms with Gasteiger partial charge >= 0.3 is 12.1 Å². The van der Waals surface area contributed by atoms with E-state index in [0.717, 1.165) is 30.5 Å². The predicted octanol–water partition coefficient (Wildman–Crippen LogP) is 3.86. The fourth-order valence-corrected chi connectivity index (χ4v) is 1.99. The third-order valence-electron chi connectivity index (χ3n) is 3.33. The number of nitriles is 1. The number of nitrogens with one attached hydrogen (secondary N) is 2. The normalized spacial score (nSPS) is 11.4. The van der Waals surface area contributed by atoms with Crippen molar-refractivity contribution in [2.24, 2.45) is 0 Å². The first-order valence-corrected chi connectivity index (χ1v) is 7.39. The third kappa shape index (κ3) is 5.34. The first-order chi connectivity index (χ1) is 12.7. The summed E-state index contributed by atoms with van der Waals surface area (Å²) in [7, 11) is 0. The number of halogens is 3. The van der Waals surface area contributed by atoms with Crippen LogP contribution >= 0.6 is 0 Å². The molecule has 0 aliphatic heterocycles. The maximum absolute atomic E-state index is 12.5. The van der Waals surface area contributed by atoms with Crippen LogP contribution < -0.4 is 10.6 Å². The predicted molar refractivity (Wildman–Crippen MR) is 90.8 cm³/mol. The summed E-state index contributed by atoms with van der Waals surface area (Å²) in [5, 5.41) is 22.9. The van der Waals surface area contributed by atoms with E-state index >= 15 is 0 Å². The van der Waals surface area contributed by atoms with Crippen LogP contribution in [0.2, 0.25) is 0 Å². The number of benzene rings is 2. The van der Waals surface area contributed by atoms with Crippen LogP contribution in [0.25, 0.3) is 0 Å². The second kappa shape index (κ2) is 8.05. The van der Waals surface area contributed by atoms with Crippen LogP contribution in [-0.4, -0.2) is 17.0 Å². The summed E-state index contributed by atoms with van der Waals surface area (Å²) in [6.45, 7) is 0. The van der Waals surface area contributed by atoms with Gasteiger partial charge < -0.3 is 15.7 Å². The van der Waals surface area contributed by atoms with Crippen LogP contribution in [0.15, 0.2) is 60.3 Å². The first-order valence-electron chi connectivity index (χ1n) is 7.39. The Morgan fingerprint density at radius 2 is 1.74 bits per heavy atom. The monoisotopic (exact) mass is 375 g/mol. The molecule has 6 nitrogen and oxygen atoms in total. The minimum Gasteiger partial charge on any atom is -0.478 e. The Bertz CT molecular complexity index is 929. The average Bonchev–Trinajstić information content (AvgIpc) is 2.62. The van der Waals surface area contributed by atoms with Crippen molar-refractivity contribution in [1.29, 1.82) is 5.26 Å². The summed E-state index contributed by atoms with van der Waals surface area (Å²) >= 11 is 0. The molecule has 2 aromatic carbocycles. The molecular formula is C18H12F3N3O3. The largest absolute Gasteiger partial charge is 0.478 e. The van der Waals surface area contributed by atoms with Gasteiger partial charge in [0.2, 0.25) is 0 Å². The summed E-state index contributed by atoms with van der Waals surface area (Å²) in [5.41, 5.74) is -0.797. The number of carboxylic acids is 1. The number of hydrogen-bond acceptors (Lipinski definition) is 4. The Morgan fingerprint density at radius 3 is 2.30 bits per heavy atom. The van der Waals surface area contributed by atoms with Crippen molar-refractivity contribution in [3.63, 3.8) is 0 Å². The van der Waals surface area contributed by atoms with E-state index < -0.39 is 23.6 Å². The SMILES string of the molecule is N#C/C(=C/Nc1ccc(C(F)(F)F)cc1)C(=O)Nc1cccc(C(=O)O)c1. The van der Waals surface area contributed by atoms with Crippen molar-refractivity contribution >= 4 is 23.3 Å². The summed E-state index contributed by atoms with van der Waals surface area (Å²) in [6, 6.07) is 11.1. The third-order valence-corrected chi connectivity index (χ3v) is 3.33. The smallest absolute Gasteiger partial charge is 0.416 e. The minimum atomic E-state index is -4.46. The number of carbonyl (C=O) groups is 2. The molecule has 0 heterocycles. The van der Waals surface area contributed by atoms with Gasteiger partial charge in [-0.3, -0.25) is 4.79 Å². The van der Waals surface area contributed by atoms with Gasteiger partial charge in [-0.15, -0.1) is 0 Å². The molecule has 2 rings (SSSR count). The lowest BCUT2D eigenvalue weighted by atomic mass is 10.2. The summed E-state index contributed by atoms with van der Waals surface area (Å²) in [6.07, 6.45) is -3.42. The second-order valence-electron chi connectivity index (χ2n) is 5.23. The highest BCUT2D eigenvalue weighted by molar-refractivity contribution is 6.07. The summed E-state index contributed by atoms with van der Waals surface area (Å²) in [4.78, 5) is 23.0. The molecule has 1 amide bonds. The highest BCUT2D eigenvalue weighted by Crippen LogP contribution is 2.29. The maximum atomic E-state index is 12.5. The molecule has 138 valence electrons. The Kier molecular flexibility index (Phi) is 5.82. The lowest BCUT2D eigenvalue weighted by molar-refractivity contribution is -0.137. The zero-order valence-corrected chi connectivity index (χ0v) is 13.5. The fraction of sp³-hybridized carbons (Fsp3) is 0.0556. The number of aromatic carboxylic acids is 1. The van der Waals surface area contributed by atoms with Gasteiger partial charge in [0.1, 0.15) is 11.6 Å². The van der Waals surface area contributed by atoms with Gasteiger partial charge in [0, 0.05) is 17.6 Å². The van der Waals surface area contributed by atoms with Gasteiger partial charge in [-0.2, -0.15) is 18.4 Å². The number of carboxylic acid groups (broad SMARTS) is 1. The molecule has 0 aliphatic carbocycles. The molecule has 0 aliphatic rings. The summed E-state index contributed by atoms with van der Waals surface area (Å²) < 4.78 is 37.5. The van der Waals surface area contributed by atoms with E-state index in [1.165, 1.54) is 24.3 Å². The molecule has 0 radical (unpaired) electrons. The highest BCUT2D eigenvalue weighted by atomic mass is 19.4. The van der Waals surface area contributed by atoms with Crippen LogP contribution in [0.3, 0.4) is 0 Å². The lowest BCUT2D eigenvalue weighted by Crippen LogP contribution is -2.15. The number of carbonyl (C=O) groups excluding carboxylic acids is 1. The molecule has 0 saturated heterocycles. The number of rotatable bonds is 5. The van der Waals surface area contributed by atoms with Gasteiger partial charge in [0.15, 0.2) is 0 Å². The summed E-state index contributed by atoms with van der Waals surface area (Å²) in [5.74, 6) is -1.98. The van der Waals surface area contributed by atoms with E-state index in [2.05, 4.69) is 10.6 Å².